The van der Waals surface area contributed by atoms with Crippen molar-refractivity contribution in [2.24, 2.45) is 38.8 Å². The lowest BCUT2D eigenvalue weighted by atomic mass is 9.87. The number of carbonyl (C=O) groups excluding carboxylic acids is 3. The molecule has 1 amide bonds. The van der Waals surface area contributed by atoms with Crippen LogP contribution in [0.1, 0.15) is 39.5 Å². The Kier molecular flexibility index (Phi) is 26.5. The first-order chi connectivity index (χ1) is 31.8. The first kappa shape index (κ1) is 57.7. The lowest BCUT2D eigenvalue weighted by Crippen LogP contribution is -2.60. The van der Waals surface area contributed by atoms with E-state index in [0.717, 1.165) is 6.08 Å². The van der Waals surface area contributed by atoms with Gasteiger partial charge < -0.3 is 102 Å². The van der Waals surface area contributed by atoms with Crippen molar-refractivity contribution in [2.45, 2.75) is 94.3 Å². The monoisotopic (exact) mass is 964 g/mol. The molecule has 15 N–H and O–H groups in total. The molecule has 382 valence electrons. The van der Waals surface area contributed by atoms with Gasteiger partial charge >= 0.3 is 23.9 Å². The van der Waals surface area contributed by atoms with Crippen molar-refractivity contribution < 1.29 is 92.5 Å². The zero-order chi connectivity index (χ0) is 50.1. The molecule has 0 radical (unpaired) electrons. The van der Waals surface area contributed by atoms with Crippen molar-refractivity contribution in [3.8, 4) is 0 Å². The van der Waals surface area contributed by atoms with Crippen LogP contribution in [0.15, 0.2) is 33.7 Å². The quantitative estimate of drug-likeness (QED) is 0.0127. The number of aliphatic imine (C=N–C) groups is 2. The summed E-state index contributed by atoms with van der Waals surface area (Å²) in [5, 5.41) is 61.9. The van der Waals surface area contributed by atoms with Gasteiger partial charge in [0.25, 0.3) is 0 Å². The maximum atomic E-state index is 12.8. The molecule has 67 heavy (non-hydrogen) atoms. The Morgan fingerprint density at radius 1 is 0.687 bits per heavy atom. The number of rotatable bonds is 33. The van der Waals surface area contributed by atoms with Crippen LogP contribution >= 0.6 is 0 Å². The summed E-state index contributed by atoms with van der Waals surface area (Å²) in [4.78, 5) is 70.8. The number of nitrogens with zero attached hydrogens (tertiary/aromatic N) is 3. The Bertz CT molecular complexity index is 1690. The first-order valence-electron chi connectivity index (χ1n) is 21.4. The van der Waals surface area contributed by atoms with Gasteiger partial charge in [0.2, 0.25) is 17.4 Å². The fraction of sp³-hybridized carbons (Fsp3) is 0.725. The van der Waals surface area contributed by atoms with Crippen LogP contribution in [0, 0.1) is 5.92 Å². The molecule has 27 nitrogen and oxygen atoms in total. The van der Waals surface area contributed by atoms with E-state index in [-0.39, 0.29) is 64.7 Å². The largest absolute Gasteiger partial charge is 0.479 e. The normalized spacial score (nSPS) is 22.0. The van der Waals surface area contributed by atoms with Gasteiger partial charge in [0, 0.05) is 52.0 Å². The van der Waals surface area contributed by atoms with Gasteiger partial charge in [0.1, 0.15) is 18.3 Å². The number of carbonyl (C=O) groups is 5. The summed E-state index contributed by atoms with van der Waals surface area (Å²) in [7, 11) is 1.89. The van der Waals surface area contributed by atoms with E-state index in [9.17, 15) is 54.6 Å². The Morgan fingerprint density at radius 2 is 1.09 bits per heavy atom. The second kappa shape index (κ2) is 30.8. The molecule has 0 saturated heterocycles. The van der Waals surface area contributed by atoms with Gasteiger partial charge in [0.05, 0.1) is 71.0 Å². The highest BCUT2D eigenvalue weighted by Gasteiger charge is 2.47. The second-order valence-electron chi connectivity index (χ2n) is 15.4. The fourth-order valence-corrected chi connectivity index (χ4v) is 6.60. The Balaban J connectivity index is 1.60. The third-order valence-electron chi connectivity index (χ3n) is 9.97. The van der Waals surface area contributed by atoms with E-state index in [4.69, 9.17) is 60.8 Å². The van der Waals surface area contributed by atoms with Crippen LogP contribution in [0.4, 0.5) is 0 Å². The number of likely N-dealkylation sites (N-methyl/N-ethyl adjacent to an activating group) is 1. The molecule has 0 bridgehead atoms. The van der Waals surface area contributed by atoms with E-state index in [2.05, 4.69) is 15.3 Å². The van der Waals surface area contributed by atoms with Crippen molar-refractivity contribution in [1.29, 1.82) is 0 Å². The van der Waals surface area contributed by atoms with E-state index >= 15 is 0 Å². The Hall–Kier alpha value is -5.39. The van der Waals surface area contributed by atoms with Gasteiger partial charge in [0.15, 0.2) is 30.2 Å². The summed E-state index contributed by atoms with van der Waals surface area (Å²) in [5.41, 5.74) is 22.0. The number of nitrogens with two attached hydrogens (primary N) is 4. The van der Waals surface area contributed by atoms with Crippen LogP contribution in [0.2, 0.25) is 0 Å². The molecule has 10 atom stereocenters. The molecule has 0 aromatic carbocycles. The molecule has 2 aliphatic heterocycles. The van der Waals surface area contributed by atoms with E-state index in [1.807, 2.05) is 11.9 Å². The molecule has 0 aromatic heterocycles. The van der Waals surface area contributed by atoms with Crippen LogP contribution in [-0.4, -0.2) is 218 Å². The van der Waals surface area contributed by atoms with E-state index < -0.39 is 121 Å². The van der Waals surface area contributed by atoms with Gasteiger partial charge in [-0.2, -0.15) is 0 Å². The summed E-state index contributed by atoms with van der Waals surface area (Å²) in [6.45, 7) is 4.55. The van der Waals surface area contributed by atoms with Crippen molar-refractivity contribution in [3.05, 3.63) is 23.7 Å². The molecule has 0 saturated carbocycles. The summed E-state index contributed by atoms with van der Waals surface area (Å²) in [6.07, 6.45) is -6.63. The fourth-order valence-electron chi connectivity index (χ4n) is 6.60. The van der Waals surface area contributed by atoms with Crippen LogP contribution < -0.4 is 28.3 Å². The average molecular weight is 965 g/mol. The Morgan fingerprint density at radius 3 is 1.51 bits per heavy atom. The van der Waals surface area contributed by atoms with Gasteiger partial charge in [-0.15, -0.1) is 0 Å². The summed E-state index contributed by atoms with van der Waals surface area (Å²) < 4.78 is 44.2. The minimum Gasteiger partial charge on any atom is -0.479 e. The maximum Gasteiger partial charge on any atom is 0.370 e. The van der Waals surface area contributed by atoms with Crippen LogP contribution in [0.5, 0.6) is 0 Å². The number of hydrogen-bond donors (Lipinski definition) is 11. The van der Waals surface area contributed by atoms with Gasteiger partial charge in [-0.1, -0.05) is 6.92 Å². The predicted molar refractivity (Wildman–Crippen MR) is 232 cm³/mol. The number of hydrogen-bond acceptors (Lipinski definition) is 20. The summed E-state index contributed by atoms with van der Waals surface area (Å²) >= 11 is 0. The number of esters is 2. The zero-order valence-electron chi connectivity index (χ0n) is 37.9. The van der Waals surface area contributed by atoms with E-state index in [1.165, 1.54) is 13.0 Å². The molecule has 2 rings (SSSR count). The highest BCUT2D eigenvalue weighted by atomic mass is 16.6. The topological polar surface area (TPSA) is 425 Å². The molecule has 0 unspecified atom stereocenters. The molecular weight excluding hydrogens is 896 g/mol. The third kappa shape index (κ3) is 21.4. The predicted octanol–water partition coefficient (Wildman–Crippen LogP) is -4.77. The third-order valence-corrected chi connectivity index (χ3v) is 9.97. The van der Waals surface area contributed by atoms with Crippen LogP contribution in [-0.2, 0) is 61.9 Å². The zero-order valence-corrected chi connectivity index (χ0v) is 37.9. The molecular formula is C40H68N8O19. The SMILES string of the molecule is CC(=O)N[C@H]1[C@H]([C@H](OC(=O)CCCOCCOCCN(C)CCOCCOCCCC(=O)O[C@@H]([C@@H]2OC(C(=O)O)=C[C@H](N=C(N)N)[C@H]2C)[C@H](O)CO)[C@H](O)CO)OC(C(=O)O)=C[C@@H]1N=C(N)N. The van der Waals surface area contributed by atoms with Crippen molar-refractivity contribution in [3.63, 3.8) is 0 Å². The second-order valence-corrected chi connectivity index (χ2v) is 15.4. The number of aliphatic hydroxyl groups excluding tert-OH is 4. The molecule has 0 aliphatic carbocycles. The number of ether oxygens (including phenoxy) is 8. The summed E-state index contributed by atoms with van der Waals surface area (Å²) in [6, 6.07) is -3.23. The van der Waals surface area contributed by atoms with Crippen LogP contribution in [0.3, 0.4) is 0 Å². The number of nitrogens with one attached hydrogen (secondary N) is 1. The highest BCUT2D eigenvalue weighted by molar-refractivity contribution is 5.86. The maximum absolute atomic E-state index is 12.8. The van der Waals surface area contributed by atoms with Crippen LogP contribution in [0.25, 0.3) is 0 Å². The molecule has 0 fully saturated rings. The molecule has 27 heteroatoms. The smallest absolute Gasteiger partial charge is 0.370 e. The molecule has 0 spiro atoms. The van der Waals surface area contributed by atoms with Gasteiger partial charge in [-0.3, -0.25) is 14.4 Å². The lowest BCUT2D eigenvalue weighted by molar-refractivity contribution is -0.176. The first-order valence-corrected chi connectivity index (χ1v) is 21.4. The number of carboxylic acid groups (broad SMARTS) is 2. The number of aliphatic hydroxyl groups is 4. The standard InChI is InChI=1S/C40H68N8O19/c1-22-24(46-39(41)42)18-28(37(56)57)64-33(22)34(26(52)20-49)66-30(54)6-4-10-60-14-16-62-12-8-48(3)9-13-63-17-15-61-11-5-7-31(55)67-35(27(53)21-50)36-32(45-23(2)51)25(47-40(43)44)19-29(65-36)38(58)59/h18-19,22,24-27,32-36,49-50,52-53H,4-17,20-21H2,1-3H3,(H,45,51)(H,56,57)(H,58,59)(H4,41,42,46)(H4,43,44,47)/t22-,24+,25+,26-,27-,32-,33-,34-,35-,36-/m1/s1. The minimum atomic E-state index is -1.73. The molecule has 2 heterocycles. The van der Waals surface area contributed by atoms with Gasteiger partial charge in [-0.05, 0) is 32.0 Å². The van der Waals surface area contributed by atoms with Crippen molar-refractivity contribution in [1.82, 2.24) is 10.2 Å². The van der Waals surface area contributed by atoms with Crippen molar-refractivity contribution in [2.75, 3.05) is 86.2 Å². The highest BCUT2D eigenvalue weighted by Crippen LogP contribution is 2.31. The van der Waals surface area contributed by atoms with Crippen molar-refractivity contribution >= 4 is 41.7 Å². The van der Waals surface area contributed by atoms with E-state index in [1.54, 1.807) is 6.92 Å². The van der Waals surface area contributed by atoms with Gasteiger partial charge in [-0.25, -0.2) is 19.6 Å². The number of carboxylic acids is 2. The number of aliphatic carboxylic acids is 2. The number of guanidine groups is 2. The summed E-state index contributed by atoms with van der Waals surface area (Å²) in [5.74, 6) is -7.58. The lowest BCUT2D eigenvalue weighted by Gasteiger charge is -2.39. The Labute approximate surface area is 387 Å². The van der Waals surface area contributed by atoms with E-state index in [0.29, 0.717) is 32.9 Å². The average Bonchev–Trinajstić information content (AvgIpc) is 3.26. The minimum absolute atomic E-state index is 0.101. The number of amides is 1. The molecule has 0 aromatic rings. The molecule has 2 aliphatic rings.